The van der Waals surface area contributed by atoms with Crippen LogP contribution in [0.4, 0.5) is 5.69 Å². The molecule has 2 rings (SSSR count). The van der Waals surface area contributed by atoms with E-state index in [0.717, 1.165) is 25.7 Å². The van der Waals surface area contributed by atoms with E-state index in [4.69, 9.17) is 0 Å². The molecule has 112 valence electrons. The van der Waals surface area contributed by atoms with Crippen LogP contribution >= 0.6 is 0 Å². The molecule has 2 atom stereocenters. The van der Waals surface area contributed by atoms with Gasteiger partial charge in [0.05, 0.1) is 22.1 Å². The Morgan fingerprint density at radius 3 is 2.81 bits per heavy atom. The van der Waals surface area contributed by atoms with Gasteiger partial charge >= 0.3 is 0 Å². The van der Waals surface area contributed by atoms with E-state index < -0.39 is 5.41 Å². The van der Waals surface area contributed by atoms with E-state index in [9.17, 15) is 15.4 Å². The molecule has 1 heterocycles. The first-order valence-corrected chi connectivity index (χ1v) is 7.43. The Bertz CT molecular complexity index is 606. The smallest absolute Gasteiger partial charge is 0.260 e. The van der Waals surface area contributed by atoms with Gasteiger partial charge in [-0.2, -0.15) is 5.26 Å². The minimum atomic E-state index is -0.401. The predicted molar refractivity (Wildman–Crippen MR) is 79.7 cm³/mol. The van der Waals surface area contributed by atoms with E-state index in [1.807, 2.05) is 0 Å². The molecular weight excluding hydrogens is 266 g/mol. The highest BCUT2D eigenvalue weighted by molar-refractivity contribution is 5.47. The van der Waals surface area contributed by atoms with E-state index in [0.29, 0.717) is 29.2 Å². The summed E-state index contributed by atoms with van der Waals surface area (Å²) in [6, 6.07) is 2.47. The summed E-state index contributed by atoms with van der Waals surface area (Å²) in [7, 11) is 0. The summed E-state index contributed by atoms with van der Waals surface area (Å²) in [6.07, 6.45) is 5.97. The van der Waals surface area contributed by atoms with Gasteiger partial charge in [0.25, 0.3) is 5.69 Å². The van der Waals surface area contributed by atoms with Crippen molar-refractivity contribution in [2.24, 2.45) is 11.3 Å². The predicted octanol–water partition coefficient (Wildman–Crippen LogP) is 3.87. The molecular formula is C16H21N3O2. The topological polar surface area (TPSA) is 79.8 Å². The van der Waals surface area contributed by atoms with Crippen molar-refractivity contribution >= 4 is 5.69 Å². The minimum Gasteiger partial charge on any atom is -0.260 e. The van der Waals surface area contributed by atoms with Crippen LogP contribution in [0.15, 0.2) is 6.20 Å². The Labute approximate surface area is 125 Å². The van der Waals surface area contributed by atoms with Gasteiger partial charge in [0.15, 0.2) is 0 Å². The second-order valence-electron chi connectivity index (χ2n) is 6.20. The summed E-state index contributed by atoms with van der Waals surface area (Å²) in [4.78, 5) is 15.2. The Morgan fingerprint density at radius 2 is 2.29 bits per heavy atom. The molecule has 0 radical (unpaired) electrons. The number of hydrogen-bond acceptors (Lipinski definition) is 4. The summed E-state index contributed by atoms with van der Waals surface area (Å²) in [5.74, 6) is 0.588. The lowest BCUT2D eigenvalue weighted by molar-refractivity contribution is -0.386. The molecule has 0 aliphatic heterocycles. The number of pyridine rings is 1. The molecule has 2 unspecified atom stereocenters. The van der Waals surface area contributed by atoms with E-state index in [2.05, 4.69) is 18.0 Å². The number of rotatable bonds is 4. The minimum absolute atomic E-state index is 0.137. The molecule has 0 bridgehead atoms. The highest BCUT2D eigenvalue weighted by atomic mass is 16.6. The molecule has 1 fully saturated rings. The number of nitrogens with zero attached hydrogens (tertiary/aromatic N) is 3. The maximum Gasteiger partial charge on any atom is 0.278 e. The van der Waals surface area contributed by atoms with Crippen molar-refractivity contribution in [3.05, 3.63) is 33.1 Å². The molecule has 21 heavy (non-hydrogen) atoms. The zero-order valence-electron chi connectivity index (χ0n) is 12.8. The second-order valence-corrected chi connectivity index (χ2v) is 6.20. The monoisotopic (exact) mass is 287 g/mol. The molecule has 1 aromatic heterocycles. The summed E-state index contributed by atoms with van der Waals surface area (Å²) >= 11 is 0. The van der Waals surface area contributed by atoms with Gasteiger partial charge in [-0.1, -0.05) is 13.3 Å². The van der Waals surface area contributed by atoms with Gasteiger partial charge in [-0.3, -0.25) is 15.1 Å². The first-order chi connectivity index (χ1) is 9.92. The molecule has 0 saturated heterocycles. The zero-order chi connectivity index (χ0) is 15.6. The highest BCUT2D eigenvalue weighted by Crippen LogP contribution is 2.45. The SMILES string of the molecule is CCC1CCC(C#N)(Cc2ncc(C)c([N+](=O)[O-])c2C)C1. The Kier molecular flexibility index (Phi) is 4.26. The molecule has 1 saturated carbocycles. The van der Waals surface area contributed by atoms with E-state index in [1.54, 1.807) is 20.0 Å². The van der Waals surface area contributed by atoms with Crippen molar-refractivity contribution in [1.29, 1.82) is 5.26 Å². The fourth-order valence-electron chi connectivity index (χ4n) is 3.43. The number of hydrogen-bond donors (Lipinski definition) is 0. The third-order valence-corrected chi connectivity index (χ3v) is 4.79. The Balaban J connectivity index is 2.34. The van der Waals surface area contributed by atoms with Crippen molar-refractivity contribution < 1.29 is 4.92 Å². The first-order valence-electron chi connectivity index (χ1n) is 7.43. The number of aromatic nitrogens is 1. The number of aryl methyl sites for hydroxylation is 1. The molecule has 0 N–H and O–H groups in total. The maximum atomic E-state index is 11.2. The molecule has 0 amide bonds. The normalized spacial score (nSPS) is 24.8. The number of nitro groups is 1. The van der Waals surface area contributed by atoms with E-state index >= 15 is 0 Å². The molecule has 5 nitrogen and oxygen atoms in total. The average molecular weight is 287 g/mol. The first kappa shape index (κ1) is 15.4. The van der Waals surface area contributed by atoms with Crippen LogP contribution in [-0.2, 0) is 6.42 Å². The van der Waals surface area contributed by atoms with E-state index in [-0.39, 0.29) is 10.6 Å². The van der Waals surface area contributed by atoms with Crippen LogP contribution in [0.25, 0.3) is 0 Å². The molecule has 0 aromatic carbocycles. The summed E-state index contributed by atoms with van der Waals surface area (Å²) in [5.41, 5.74) is 1.62. The van der Waals surface area contributed by atoms with Crippen LogP contribution in [-0.4, -0.2) is 9.91 Å². The van der Waals surface area contributed by atoms with Crippen LogP contribution in [0, 0.1) is 46.6 Å². The van der Waals surface area contributed by atoms with Gasteiger partial charge in [-0.05, 0) is 39.0 Å². The summed E-state index contributed by atoms with van der Waals surface area (Å²) in [6.45, 7) is 5.59. The van der Waals surface area contributed by atoms with Crippen molar-refractivity contribution in [3.63, 3.8) is 0 Å². The molecule has 1 aliphatic carbocycles. The number of nitriles is 1. The van der Waals surface area contributed by atoms with E-state index in [1.165, 1.54) is 0 Å². The van der Waals surface area contributed by atoms with Crippen LogP contribution < -0.4 is 0 Å². The van der Waals surface area contributed by atoms with Gasteiger partial charge < -0.3 is 0 Å². The average Bonchev–Trinajstić information content (AvgIpc) is 2.86. The lowest BCUT2D eigenvalue weighted by atomic mass is 9.81. The van der Waals surface area contributed by atoms with Crippen LogP contribution in [0.5, 0.6) is 0 Å². The third kappa shape index (κ3) is 2.90. The van der Waals surface area contributed by atoms with Gasteiger partial charge in [0.2, 0.25) is 0 Å². The molecule has 1 aliphatic rings. The van der Waals surface area contributed by atoms with Crippen molar-refractivity contribution in [3.8, 4) is 6.07 Å². The lowest BCUT2D eigenvalue weighted by Gasteiger charge is -2.21. The summed E-state index contributed by atoms with van der Waals surface area (Å²) < 4.78 is 0. The van der Waals surface area contributed by atoms with Crippen LogP contribution in [0.3, 0.4) is 0 Å². The Morgan fingerprint density at radius 1 is 1.57 bits per heavy atom. The van der Waals surface area contributed by atoms with Crippen molar-refractivity contribution in [2.45, 2.75) is 52.9 Å². The zero-order valence-corrected chi connectivity index (χ0v) is 12.8. The standard InChI is InChI=1S/C16H21N3O2/c1-4-13-5-6-16(7-13,10-17)8-14-12(3)15(19(20)21)11(2)9-18-14/h9,13H,4-8H2,1-3H3. The second kappa shape index (κ2) is 5.80. The van der Waals surface area contributed by atoms with Crippen LogP contribution in [0.1, 0.15) is 49.4 Å². The maximum absolute atomic E-state index is 11.2. The fraction of sp³-hybridized carbons (Fsp3) is 0.625. The third-order valence-electron chi connectivity index (χ3n) is 4.79. The van der Waals surface area contributed by atoms with Crippen molar-refractivity contribution in [1.82, 2.24) is 4.98 Å². The molecule has 5 heteroatoms. The van der Waals surface area contributed by atoms with Gasteiger partial charge in [0.1, 0.15) is 0 Å². The molecule has 0 spiro atoms. The quantitative estimate of drug-likeness (QED) is 0.622. The van der Waals surface area contributed by atoms with Gasteiger partial charge in [0, 0.05) is 23.7 Å². The Hall–Kier alpha value is -1.96. The highest BCUT2D eigenvalue weighted by Gasteiger charge is 2.40. The van der Waals surface area contributed by atoms with Gasteiger partial charge in [-0.25, -0.2) is 0 Å². The fourth-order valence-corrected chi connectivity index (χ4v) is 3.43. The largest absolute Gasteiger partial charge is 0.278 e. The lowest BCUT2D eigenvalue weighted by Crippen LogP contribution is -2.20. The molecule has 1 aromatic rings. The van der Waals surface area contributed by atoms with Crippen LogP contribution in [0.2, 0.25) is 0 Å². The van der Waals surface area contributed by atoms with Gasteiger partial charge in [-0.15, -0.1) is 0 Å². The van der Waals surface area contributed by atoms with Crippen molar-refractivity contribution in [2.75, 3.05) is 0 Å². The summed E-state index contributed by atoms with van der Waals surface area (Å²) in [5, 5.41) is 20.8.